The van der Waals surface area contributed by atoms with Crippen LogP contribution in [0.2, 0.25) is 0 Å². The molecule has 0 spiro atoms. The van der Waals surface area contributed by atoms with Crippen LogP contribution in [0, 0.1) is 0 Å². The Morgan fingerprint density at radius 1 is 1.83 bits per heavy atom. The van der Waals surface area contributed by atoms with E-state index in [1.54, 1.807) is 0 Å². The van der Waals surface area contributed by atoms with E-state index in [-0.39, 0.29) is 6.54 Å². The number of hydrazine groups is 1. The highest BCUT2D eigenvalue weighted by atomic mass is 16.1. The van der Waals surface area contributed by atoms with E-state index in [1.165, 1.54) is 0 Å². The lowest BCUT2D eigenvalue weighted by molar-refractivity contribution is -0.117. The van der Waals surface area contributed by atoms with Gasteiger partial charge in [-0.2, -0.15) is 0 Å². The van der Waals surface area contributed by atoms with Crippen molar-refractivity contribution in [3.05, 3.63) is 0 Å². The number of hydrogen-bond acceptors (Lipinski definition) is 3. The number of hydrogen-bond donors (Lipinski definition) is 3. The lowest BCUT2D eigenvalue weighted by Crippen LogP contribution is -2.33. The highest BCUT2D eigenvalue weighted by Crippen LogP contribution is 1.42. The smallest absolute Gasteiger partial charge is 0.232 e. The van der Waals surface area contributed by atoms with Gasteiger partial charge in [-0.3, -0.25) is 16.1 Å². The molecule has 4 heteroatoms. The minimum absolute atomic E-state index is 0.0417. The summed E-state index contributed by atoms with van der Waals surface area (Å²) >= 11 is 0. The molecule has 6 heavy (non-hydrogen) atoms. The summed E-state index contributed by atoms with van der Waals surface area (Å²) in [6.07, 6.45) is 0. The molecule has 0 fully saturated rings. The Morgan fingerprint density at radius 3 is 2.33 bits per heavy atom. The van der Waals surface area contributed by atoms with Gasteiger partial charge in [0.1, 0.15) is 0 Å². The van der Waals surface area contributed by atoms with Crippen molar-refractivity contribution >= 4 is 5.91 Å². The predicted molar refractivity (Wildman–Crippen MR) is 21.4 cm³/mol. The lowest BCUT2D eigenvalue weighted by atomic mass is 10.7. The van der Waals surface area contributed by atoms with E-state index in [2.05, 4.69) is 17.0 Å². The fourth-order valence-corrected chi connectivity index (χ4v) is 0.101. The molecule has 0 radical (unpaired) electrons. The number of primary amides is 1. The van der Waals surface area contributed by atoms with E-state index < -0.39 is 5.91 Å². The summed E-state index contributed by atoms with van der Waals surface area (Å²) in [6.45, 7) is 0.0417. The van der Waals surface area contributed by atoms with E-state index in [4.69, 9.17) is 0 Å². The van der Waals surface area contributed by atoms with E-state index in [0.717, 1.165) is 0 Å². The van der Waals surface area contributed by atoms with Gasteiger partial charge in [0.15, 0.2) is 0 Å². The first-order valence-electron chi connectivity index (χ1n) is 1.49. The Labute approximate surface area is 35.5 Å². The summed E-state index contributed by atoms with van der Waals surface area (Å²) in [5, 5.41) is 0. The highest BCUT2D eigenvalue weighted by Gasteiger charge is 1.83. The van der Waals surface area contributed by atoms with Crippen molar-refractivity contribution in [3.8, 4) is 0 Å². The number of carbonyl (C=O) groups is 1. The van der Waals surface area contributed by atoms with Gasteiger partial charge in [-0.25, -0.2) is 0 Å². The first-order chi connectivity index (χ1) is 2.77. The third-order valence-electron chi connectivity index (χ3n) is 0.276. The van der Waals surface area contributed by atoms with Crippen molar-refractivity contribution in [2.45, 2.75) is 0 Å². The lowest BCUT2D eigenvalue weighted by Gasteiger charge is -1.85. The van der Waals surface area contributed by atoms with Crippen LogP contribution < -0.4 is 17.0 Å². The Balaban J connectivity index is 2.83. The summed E-state index contributed by atoms with van der Waals surface area (Å²) in [6, 6.07) is 0. The van der Waals surface area contributed by atoms with Gasteiger partial charge in [-0.15, -0.1) is 0 Å². The van der Waals surface area contributed by atoms with Crippen molar-refractivity contribution in [2.75, 3.05) is 6.54 Å². The summed E-state index contributed by atoms with van der Waals surface area (Å²) in [4.78, 5) is 9.68. The number of amides is 1. The molecular formula is C2H7N3O. The average Bonchev–Trinajstić information content (AvgIpc) is 1.35. The predicted octanol–water partition coefficient (Wildman–Crippen LogP) is -2.07. The van der Waals surface area contributed by atoms with Crippen molar-refractivity contribution in [1.29, 1.82) is 0 Å². The molecule has 0 bridgehead atoms. The molecule has 0 aromatic rings. The molecule has 0 atom stereocenters. The standard InChI is InChI=1S/C2H7N3O/c3-2(6)1-5-4/h5H,1,4H2,(H2,3,6). The summed E-state index contributed by atoms with van der Waals surface area (Å²) in [7, 11) is 0. The third-order valence-corrected chi connectivity index (χ3v) is 0.276. The van der Waals surface area contributed by atoms with Gasteiger partial charge in [0.05, 0.1) is 6.54 Å². The van der Waals surface area contributed by atoms with E-state index in [9.17, 15) is 4.79 Å². The zero-order chi connectivity index (χ0) is 4.99. The van der Waals surface area contributed by atoms with Crippen LogP contribution in [-0.2, 0) is 4.79 Å². The molecule has 0 aliphatic heterocycles. The third kappa shape index (κ3) is 3.39. The minimum atomic E-state index is -0.447. The van der Waals surface area contributed by atoms with Crippen LogP contribution in [0.15, 0.2) is 0 Å². The molecule has 4 nitrogen and oxygen atoms in total. The number of nitrogens with two attached hydrogens (primary N) is 2. The SMILES string of the molecule is NNCC(N)=O. The number of rotatable bonds is 2. The van der Waals surface area contributed by atoms with Crippen LogP contribution in [0.3, 0.4) is 0 Å². The second-order valence-corrected chi connectivity index (χ2v) is 0.847. The maximum absolute atomic E-state index is 9.68. The van der Waals surface area contributed by atoms with Crippen molar-refractivity contribution in [3.63, 3.8) is 0 Å². The molecule has 0 unspecified atom stereocenters. The van der Waals surface area contributed by atoms with E-state index >= 15 is 0 Å². The molecule has 5 N–H and O–H groups in total. The van der Waals surface area contributed by atoms with Gasteiger partial charge >= 0.3 is 0 Å². The molecule has 1 amide bonds. The van der Waals surface area contributed by atoms with E-state index in [0.29, 0.717) is 0 Å². The molecule has 0 aromatic heterocycles. The zero-order valence-electron chi connectivity index (χ0n) is 3.27. The van der Waals surface area contributed by atoms with Crippen molar-refractivity contribution in [1.82, 2.24) is 5.43 Å². The fourth-order valence-electron chi connectivity index (χ4n) is 0.101. The molecule has 0 heterocycles. The normalized spacial score (nSPS) is 8.17. The fraction of sp³-hybridized carbons (Fsp3) is 0.500. The maximum Gasteiger partial charge on any atom is 0.232 e. The second-order valence-electron chi connectivity index (χ2n) is 0.847. The Bertz CT molecular complexity index is 52.8. The first-order valence-corrected chi connectivity index (χ1v) is 1.49. The maximum atomic E-state index is 9.68. The van der Waals surface area contributed by atoms with Crippen LogP contribution in [-0.4, -0.2) is 12.5 Å². The number of carbonyl (C=O) groups excluding carboxylic acids is 1. The monoisotopic (exact) mass is 89.1 g/mol. The van der Waals surface area contributed by atoms with Crippen molar-refractivity contribution < 1.29 is 4.79 Å². The summed E-state index contributed by atoms with van der Waals surface area (Å²) in [5.41, 5.74) is 6.71. The Kier molecular flexibility index (Phi) is 2.35. The van der Waals surface area contributed by atoms with Gasteiger partial charge in [0, 0.05) is 0 Å². The summed E-state index contributed by atoms with van der Waals surface area (Å²) < 4.78 is 0. The molecule has 0 aliphatic rings. The van der Waals surface area contributed by atoms with Crippen LogP contribution in [0.1, 0.15) is 0 Å². The average molecular weight is 89.1 g/mol. The summed E-state index contributed by atoms with van der Waals surface area (Å²) in [5.74, 6) is 4.23. The van der Waals surface area contributed by atoms with Crippen LogP contribution in [0.25, 0.3) is 0 Å². The topological polar surface area (TPSA) is 81.1 Å². The zero-order valence-corrected chi connectivity index (χ0v) is 3.27. The Hall–Kier alpha value is -0.610. The molecular weight excluding hydrogens is 82.0 g/mol. The van der Waals surface area contributed by atoms with Gasteiger partial charge in [0.25, 0.3) is 0 Å². The number of nitrogens with one attached hydrogen (secondary N) is 1. The molecule has 0 saturated heterocycles. The molecule has 0 rings (SSSR count). The van der Waals surface area contributed by atoms with Crippen LogP contribution in [0.4, 0.5) is 0 Å². The van der Waals surface area contributed by atoms with Crippen LogP contribution >= 0.6 is 0 Å². The van der Waals surface area contributed by atoms with Gasteiger partial charge in [0.2, 0.25) is 5.91 Å². The van der Waals surface area contributed by atoms with Crippen LogP contribution in [0.5, 0.6) is 0 Å². The largest absolute Gasteiger partial charge is 0.369 e. The molecule has 0 aromatic carbocycles. The second kappa shape index (κ2) is 2.62. The first kappa shape index (κ1) is 5.39. The van der Waals surface area contributed by atoms with E-state index in [1.807, 2.05) is 0 Å². The highest BCUT2D eigenvalue weighted by molar-refractivity contribution is 5.75. The molecule has 0 saturated carbocycles. The molecule has 36 valence electrons. The Morgan fingerprint density at radius 2 is 2.33 bits per heavy atom. The van der Waals surface area contributed by atoms with Gasteiger partial charge < -0.3 is 5.73 Å². The van der Waals surface area contributed by atoms with Gasteiger partial charge in [-0.1, -0.05) is 0 Å². The van der Waals surface area contributed by atoms with Crippen molar-refractivity contribution in [2.24, 2.45) is 11.6 Å². The quantitative estimate of drug-likeness (QED) is 0.268. The minimum Gasteiger partial charge on any atom is -0.369 e. The molecule has 0 aliphatic carbocycles. The van der Waals surface area contributed by atoms with Gasteiger partial charge in [-0.05, 0) is 0 Å².